The zero-order chi connectivity index (χ0) is 12.3. The highest BCUT2D eigenvalue weighted by atomic mass is 19.3. The van der Waals surface area contributed by atoms with E-state index in [4.69, 9.17) is 5.11 Å². The number of halogens is 2. The van der Waals surface area contributed by atoms with Gasteiger partial charge in [0.15, 0.2) is 0 Å². The standard InChI is InChI=1S/C8H5F2NO5/c9-8(10)16-6-2-4(7(12)13)1-5(3-6)11(14)15/h1-3,8H,(H,12,13). The van der Waals surface area contributed by atoms with Gasteiger partial charge in [0.25, 0.3) is 5.69 Å². The molecule has 0 unspecified atom stereocenters. The van der Waals surface area contributed by atoms with Crippen LogP contribution in [0.5, 0.6) is 5.75 Å². The minimum atomic E-state index is -3.18. The molecule has 0 aromatic heterocycles. The maximum absolute atomic E-state index is 11.8. The monoisotopic (exact) mass is 233 g/mol. The number of carboxylic acids is 1. The minimum absolute atomic E-state index is 0.496. The summed E-state index contributed by atoms with van der Waals surface area (Å²) in [5.41, 5.74) is -1.12. The molecule has 16 heavy (non-hydrogen) atoms. The third kappa shape index (κ3) is 2.87. The molecule has 0 amide bonds. The molecular formula is C8H5F2NO5. The summed E-state index contributed by atoms with van der Waals surface area (Å²) in [4.78, 5) is 20.0. The van der Waals surface area contributed by atoms with Crippen molar-refractivity contribution in [3.05, 3.63) is 33.9 Å². The molecule has 0 atom stereocenters. The van der Waals surface area contributed by atoms with E-state index in [0.29, 0.717) is 0 Å². The number of nitro benzene ring substituents is 1. The lowest BCUT2D eigenvalue weighted by Gasteiger charge is -2.04. The number of rotatable bonds is 4. The van der Waals surface area contributed by atoms with E-state index in [9.17, 15) is 23.7 Å². The summed E-state index contributed by atoms with van der Waals surface area (Å²) in [6.07, 6.45) is 0. The molecule has 0 saturated carbocycles. The Labute approximate surface area is 87.2 Å². The summed E-state index contributed by atoms with van der Waals surface area (Å²) < 4.78 is 27.6. The molecule has 1 aromatic carbocycles. The van der Waals surface area contributed by atoms with Crippen LogP contribution < -0.4 is 4.74 Å². The van der Waals surface area contributed by atoms with Crippen LogP contribution in [0, 0.1) is 10.1 Å². The summed E-state index contributed by atoms with van der Waals surface area (Å²) in [6.45, 7) is -3.18. The van der Waals surface area contributed by atoms with Gasteiger partial charge in [-0.25, -0.2) is 4.79 Å². The number of nitro groups is 1. The number of alkyl halides is 2. The van der Waals surface area contributed by atoms with Crippen molar-refractivity contribution in [2.24, 2.45) is 0 Å². The fraction of sp³-hybridized carbons (Fsp3) is 0.125. The lowest BCUT2D eigenvalue weighted by molar-refractivity contribution is -0.385. The Hall–Kier alpha value is -2.25. The zero-order valence-electron chi connectivity index (χ0n) is 7.59. The van der Waals surface area contributed by atoms with E-state index in [1.165, 1.54) is 0 Å². The highest BCUT2D eigenvalue weighted by molar-refractivity contribution is 5.89. The third-order valence-corrected chi connectivity index (χ3v) is 1.57. The molecule has 0 fully saturated rings. The van der Waals surface area contributed by atoms with Gasteiger partial charge in [0.05, 0.1) is 16.6 Å². The first-order valence-electron chi connectivity index (χ1n) is 3.87. The highest BCUT2D eigenvalue weighted by Crippen LogP contribution is 2.24. The molecule has 0 aliphatic carbocycles. The van der Waals surface area contributed by atoms with Crippen LogP contribution >= 0.6 is 0 Å². The predicted molar refractivity (Wildman–Crippen MR) is 46.7 cm³/mol. The van der Waals surface area contributed by atoms with Gasteiger partial charge in [-0.1, -0.05) is 0 Å². The van der Waals surface area contributed by atoms with E-state index in [1.54, 1.807) is 0 Å². The molecule has 1 rings (SSSR count). The van der Waals surface area contributed by atoms with Gasteiger partial charge in [-0.15, -0.1) is 0 Å². The Balaban J connectivity index is 3.18. The molecule has 0 heterocycles. The van der Waals surface area contributed by atoms with E-state index in [1.807, 2.05) is 0 Å². The normalized spacial score (nSPS) is 10.2. The first-order valence-corrected chi connectivity index (χ1v) is 3.87. The van der Waals surface area contributed by atoms with Gasteiger partial charge in [0.1, 0.15) is 5.75 Å². The molecule has 0 spiro atoms. The topological polar surface area (TPSA) is 89.7 Å². The molecule has 0 saturated heterocycles. The van der Waals surface area contributed by atoms with Crippen molar-refractivity contribution in [3.8, 4) is 5.75 Å². The summed E-state index contributed by atoms with van der Waals surface area (Å²) in [7, 11) is 0. The minimum Gasteiger partial charge on any atom is -0.478 e. The zero-order valence-corrected chi connectivity index (χ0v) is 7.59. The Morgan fingerprint density at radius 3 is 2.50 bits per heavy atom. The van der Waals surface area contributed by atoms with Crippen LogP contribution in [-0.2, 0) is 0 Å². The molecular weight excluding hydrogens is 228 g/mol. The number of aromatic carboxylic acids is 1. The van der Waals surface area contributed by atoms with Crippen molar-refractivity contribution < 1.29 is 28.3 Å². The van der Waals surface area contributed by atoms with Crippen LogP contribution in [0.4, 0.5) is 14.5 Å². The van der Waals surface area contributed by atoms with E-state index in [-0.39, 0.29) is 0 Å². The fourth-order valence-electron chi connectivity index (χ4n) is 0.983. The average Bonchev–Trinajstić information content (AvgIpc) is 2.15. The maximum atomic E-state index is 11.8. The van der Waals surface area contributed by atoms with E-state index >= 15 is 0 Å². The number of carbonyl (C=O) groups is 1. The van der Waals surface area contributed by atoms with Crippen molar-refractivity contribution in [3.63, 3.8) is 0 Å². The summed E-state index contributed by atoms with van der Waals surface area (Å²) in [5, 5.41) is 19.0. The smallest absolute Gasteiger partial charge is 0.387 e. The largest absolute Gasteiger partial charge is 0.478 e. The number of hydrogen-bond donors (Lipinski definition) is 1. The van der Waals surface area contributed by atoms with Gasteiger partial charge < -0.3 is 9.84 Å². The predicted octanol–water partition coefficient (Wildman–Crippen LogP) is 1.89. The van der Waals surface area contributed by atoms with Gasteiger partial charge in [-0.3, -0.25) is 10.1 Å². The van der Waals surface area contributed by atoms with E-state index in [2.05, 4.69) is 4.74 Å². The number of benzene rings is 1. The highest BCUT2D eigenvalue weighted by Gasteiger charge is 2.16. The molecule has 86 valence electrons. The summed E-state index contributed by atoms with van der Waals surface area (Å²) in [6, 6.07) is 2.25. The molecule has 0 bridgehead atoms. The van der Waals surface area contributed by atoms with Crippen molar-refractivity contribution in [2.75, 3.05) is 0 Å². The van der Waals surface area contributed by atoms with Gasteiger partial charge in [0.2, 0.25) is 0 Å². The Morgan fingerprint density at radius 2 is 2.06 bits per heavy atom. The SMILES string of the molecule is O=C(O)c1cc(OC(F)F)cc([N+](=O)[O-])c1. The molecule has 0 aliphatic rings. The van der Waals surface area contributed by atoms with Crippen LogP contribution in [0.15, 0.2) is 18.2 Å². The van der Waals surface area contributed by atoms with Gasteiger partial charge in [-0.2, -0.15) is 8.78 Å². The Bertz CT molecular complexity index is 402. The summed E-state index contributed by atoms with van der Waals surface area (Å²) in [5.74, 6) is -2.04. The van der Waals surface area contributed by atoms with E-state index in [0.717, 1.165) is 18.2 Å². The number of nitrogens with zero attached hydrogens (tertiary/aromatic N) is 1. The second-order valence-corrected chi connectivity index (χ2v) is 2.66. The number of hydrogen-bond acceptors (Lipinski definition) is 4. The number of carboxylic acid groups (broad SMARTS) is 1. The lowest BCUT2D eigenvalue weighted by atomic mass is 10.2. The third-order valence-electron chi connectivity index (χ3n) is 1.57. The van der Waals surface area contributed by atoms with Crippen LogP contribution in [0.3, 0.4) is 0 Å². The first kappa shape index (κ1) is 11.8. The van der Waals surface area contributed by atoms with Gasteiger partial charge >= 0.3 is 12.6 Å². The van der Waals surface area contributed by atoms with Crippen molar-refractivity contribution in [1.29, 1.82) is 0 Å². The molecule has 0 radical (unpaired) electrons. The van der Waals surface area contributed by atoms with Crippen LogP contribution in [0.25, 0.3) is 0 Å². The maximum Gasteiger partial charge on any atom is 0.387 e. The van der Waals surface area contributed by atoms with Gasteiger partial charge in [-0.05, 0) is 6.07 Å². The Kier molecular flexibility index (Phi) is 3.33. The Morgan fingerprint density at radius 1 is 1.44 bits per heavy atom. The second kappa shape index (κ2) is 4.51. The van der Waals surface area contributed by atoms with Crippen molar-refractivity contribution in [2.45, 2.75) is 6.61 Å². The van der Waals surface area contributed by atoms with Crippen LogP contribution in [0.1, 0.15) is 10.4 Å². The molecule has 8 heteroatoms. The average molecular weight is 233 g/mol. The van der Waals surface area contributed by atoms with Crippen LogP contribution in [-0.4, -0.2) is 22.6 Å². The summed E-state index contributed by atoms with van der Waals surface area (Å²) >= 11 is 0. The fourth-order valence-corrected chi connectivity index (χ4v) is 0.983. The second-order valence-electron chi connectivity index (χ2n) is 2.66. The van der Waals surface area contributed by atoms with Gasteiger partial charge in [0, 0.05) is 6.07 Å². The number of non-ortho nitro benzene ring substituents is 1. The van der Waals surface area contributed by atoms with Crippen molar-refractivity contribution >= 4 is 11.7 Å². The quantitative estimate of drug-likeness (QED) is 0.633. The van der Waals surface area contributed by atoms with E-state index < -0.39 is 34.5 Å². The molecule has 6 nitrogen and oxygen atoms in total. The lowest BCUT2D eigenvalue weighted by Crippen LogP contribution is -2.05. The molecule has 1 aromatic rings. The van der Waals surface area contributed by atoms with Crippen LogP contribution in [0.2, 0.25) is 0 Å². The number of ether oxygens (including phenoxy) is 1. The van der Waals surface area contributed by atoms with Crippen molar-refractivity contribution in [1.82, 2.24) is 0 Å². The first-order chi connectivity index (χ1) is 7.40. The molecule has 0 aliphatic heterocycles. The molecule has 1 N–H and O–H groups in total.